The fraction of sp³-hybridized carbons (Fsp3) is 0.857. The Hall–Kier alpha value is -0.650. The monoisotopic (exact) mass is 174 g/mol. The summed E-state index contributed by atoms with van der Waals surface area (Å²) in [6.07, 6.45) is -0.372. The Morgan fingerprint density at radius 3 is 2.83 bits per heavy atom. The lowest BCUT2D eigenvalue weighted by Gasteiger charge is -2.37. The van der Waals surface area contributed by atoms with Crippen LogP contribution < -0.4 is 5.73 Å². The van der Waals surface area contributed by atoms with Crippen molar-refractivity contribution in [3.63, 3.8) is 0 Å². The molecule has 0 aromatic heterocycles. The molecule has 1 rings (SSSR count). The molecule has 1 atom stereocenters. The van der Waals surface area contributed by atoms with Crippen molar-refractivity contribution in [3.8, 4) is 0 Å². The molecule has 0 radical (unpaired) electrons. The standard InChI is InChI=1S/C7H14N2O3/c1-12-4-6(8)7(11)9-2-5(10)3-9/h5-6,10H,2-4,8H2,1H3. The predicted molar refractivity (Wildman–Crippen MR) is 42.4 cm³/mol. The average molecular weight is 174 g/mol. The van der Waals surface area contributed by atoms with Crippen LogP contribution in [0.15, 0.2) is 0 Å². The molecule has 12 heavy (non-hydrogen) atoms. The van der Waals surface area contributed by atoms with Crippen molar-refractivity contribution < 1.29 is 14.6 Å². The van der Waals surface area contributed by atoms with Crippen molar-refractivity contribution in [2.75, 3.05) is 26.8 Å². The quantitative estimate of drug-likeness (QED) is 0.527. The van der Waals surface area contributed by atoms with Crippen LogP contribution in [0, 0.1) is 0 Å². The molecular formula is C7H14N2O3. The number of nitrogens with two attached hydrogens (primary N) is 1. The maximum Gasteiger partial charge on any atom is 0.242 e. The first-order chi connectivity index (χ1) is 5.65. The number of ether oxygens (including phenoxy) is 1. The minimum atomic E-state index is -0.595. The van der Waals surface area contributed by atoms with Gasteiger partial charge in [0.05, 0.1) is 12.7 Å². The molecule has 0 saturated carbocycles. The highest BCUT2D eigenvalue weighted by Crippen LogP contribution is 2.08. The van der Waals surface area contributed by atoms with E-state index in [0.717, 1.165) is 0 Å². The summed E-state index contributed by atoms with van der Waals surface area (Å²) in [6.45, 7) is 1.03. The van der Waals surface area contributed by atoms with Crippen LogP contribution in [0.3, 0.4) is 0 Å². The summed E-state index contributed by atoms with van der Waals surface area (Å²) in [5.41, 5.74) is 5.49. The summed E-state index contributed by atoms with van der Waals surface area (Å²) in [6, 6.07) is -0.595. The van der Waals surface area contributed by atoms with Gasteiger partial charge >= 0.3 is 0 Å². The van der Waals surface area contributed by atoms with E-state index in [2.05, 4.69) is 0 Å². The maximum absolute atomic E-state index is 11.3. The van der Waals surface area contributed by atoms with Gasteiger partial charge in [-0.05, 0) is 0 Å². The van der Waals surface area contributed by atoms with Crippen LogP contribution in [0.5, 0.6) is 0 Å². The van der Waals surface area contributed by atoms with Crippen LogP contribution in [0.1, 0.15) is 0 Å². The van der Waals surface area contributed by atoms with Gasteiger partial charge in [-0.3, -0.25) is 4.79 Å². The van der Waals surface area contributed by atoms with Crippen molar-refractivity contribution in [1.82, 2.24) is 4.90 Å². The molecule has 1 saturated heterocycles. The van der Waals surface area contributed by atoms with E-state index in [1.807, 2.05) is 0 Å². The normalized spacial score (nSPS) is 20.4. The van der Waals surface area contributed by atoms with Gasteiger partial charge < -0.3 is 20.5 Å². The van der Waals surface area contributed by atoms with Gasteiger partial charge in [0.15, 0.2) is 0 Å². The molecule has 0 aromatic carbocycles. The number of carbonyl (C=O) groups is 1. The van der Waals surface area contributed by atoms with Crippen LogP contribution in [-0.2, 0) is 9.53 Å². The Bertz CT molecular complexity index is 161. The van der Waals surface area contributed by atoms with E-state index >= 15 is 0 Å². The second-order valence-electron chi connectivity index (χ2n) is 2.96. The van der Waals surface area contributed by atoms with Gasteiger partial charge in [0, 0.05) is 20.2 Å². The fourth-order valence-corrected chi connectivity index (χ4v) is 1.12. The van der Waals surface area contributed by atoms with Crippen LogP contribution in [0.4, 0.5) is 0 Å². The summed E-state index contributed by atoms with van der Waals surface area (Å²) in [7, 11) is 1.50. The van der Waals surface area contributed by atoms with E-state index in [0.29, 0.717) is 13.1 Å². The third kappa shape index (κ3) is 1.94. The van der Waals surface area contributed by atoms with Gasteiger partial charge in [-0.2, -0.15) is 0 Å². The second kappa shape index (κ2) is 3.84. The Labute approximate surface area is 71.1 Å². The van der Waals surface area contributed by atoms with Gasteiger partial charge in [0.1, 0.15) is 6.04 Å². The lowest BCUT2D eigenvalue weighted by molar-refractivity contribution is -0.143. The molecule has 5 heteroatoms. The Morgan fingerprint density at radius 1 is 1.83 bits per heavy atom. The molecule has 1 unspecified atom stereocenters. The molecule has 0 aliphatic carbocycles. The predicted octanol–water partition coefficient (Wildman–Crippen LogP) is -1.84. The summed E-state index contributed by atoms with van der Waals surface area (Å²) in [4.78, 5) is 12.8. The van der Waals surface area contributed by atoms with E-state index in [1.165, 1.54) is 12.0 Å². The third-order valence-corrected chi connectivity index (χ3v) is 1.84. The number of amides is 1. The van der Waals surface area contributed by atoms with Gasteiger partial charge in [-0.25, -0.2) is 0 Å². The number of hydrogen-bond acceptors (Lipinski definition) is 4. The van der Waals surface area contributed by atoms with E-state index < -0.39 is 6.04 Å². The molecule has 1 amide bonds. The number of nitrogens with zero attached hydrogens (tertiary/aromatic N) is 1. The second-order valence-corrected chi connectivity index (χ2v) is 2.96. The molecule has 0 spiro atoms. The van der Waals surface area contributed by atoms with Gasteiger partial charge in [-0.15, -0.1) is 0 Å². The highest BCUT2D eigenvalue weighted by Gasteiger charge is 2.31. The number of β-amino-alcohol motifs (C(OH)–C–C–N with tert-alkyl or cyclic N) is 1. The molecular weight excluding hydrogens is 160 g/mol. The summed E-state index contributed by atoms with van der Waals surface area (Å²) in [5.74, 6) is -0.151. The lowest BCUT2D eigenvalue weighted by Crippen LogP contribution is -2.58. The number of aliphatic hydroxyl groups excluding tert-OH is 1. The zero-order chi connectivity index (χ0) is 9.14. The Morgan fingerprint density at radius 2 is 2.42 bits per heavy atom. The van der Waals surface area contributed by atoms with Crippen LogP contribution >= 0.6 is 0 Å². The van der Waals surface area contributed by atoms with Crippen LogP contribution in [-0.4, -0.2) is 54.9 Å². The maximum atomic E-state index is 11.3. The molecule has 0 bridgehead atoms. The van der Waals surface area contributed by atoms with E-state index in [-0.39, 0.29) is 18.6 Å². The van der Waals surface area contributed by atoms with Crippen molar-refractivity contribution in [2.45, 2.75) is 12.1 Å². The number of likely N-dealkylation sites (tertiary alicyclic amines) is 1. The Balaban J connectivity index is 2.28. The first-order valence-corrected chi connectivity index (χ1v) is 3.86. The average Bonchev–Trinajstić information content (AvgIpc) is 1.98. The van der Waals surface area contributed by atoms with Crippen molar-refractivity contribution in [1.29, 1.82) is 0 Å². The number of rotatable bonds is 3. The number of hydrogen-bond donors (Lipinski definition) is 2. The Kier molecular flexibility index (Phi) is 3.02. The number of methoxy groups -OCH3 is 1. The first kappa shape index (κ1) is 9.44. The highest BCUT2D eigenvalue weighted by atomic mass is 16.5. The zero-order valence-corrected chi connectivity index (χ0v) is 7.06. The van der Waals surface area contributed by atoms with Crippen molar-refractivity contribution >= 4 is 5.91 Å². The minimum Gasteiger partial charge on any atom is -0.389 e. The minimum absolute atomic E-state index is 0.151. The topological polar surface area (TPSA) is 75.8 Å². The lowest BCUT2D eigenvalue weighted by atomic mass is 10.1. The molecule has 3 N–H and O–H groups in total. The van der Waals surface area contributed by atoms with E-state index in [9.17, 15) is 4.79 Å². The molecule has 5 nitrogen and oxygen atoms in total. The summed E-state index contributed by atoms with van der Waals surface area (Å²) in [5, 5.41) is 8.91. The molecule has 1 aliphatic heterocycles. The first-order valence-electron chi connectivity index (χ1n) is 3.86. The molecule has 1 heterocycles. The van der Waals surface area contributed by atoms with Gasteiger partial charge in [-0.1, -0.05) is 0 Å². The summed E-state index contributed by atoms with van der Waals surface area (Å²) >= 11 is 0. The van der Waals surface area contributed by atoms with Gasteiger partial charge in [0.25, 0.3) is 0 Å². The van der Waals surface area contributed by atoms with Crippen molar-refractivity contribution in [2.24, 2.45) is 5.73 Å². The highest BCUT2D eigenvalue weighted by molar-refractivity contribution is 5.82. The molecule has 1 aliphatic rings. The van der Waals surface area contributed by atoms with Crippen LogP contribution in [0.2, 0.25) is 0 Å². The van der Waals surface area contributed by atoms with Gasteiger partial charge in [0.2, 0.25) is 5.91 Å². The van der Waals surface area contributed by atoms with Crippen molar-refractivity contribution in [3.05, 3.63) is 0 Å². The molecule has 70 valence electrons. The third-order valence-electron chi connectivity index (χ3n) is 1.84. The SMILES string of the molecule is COCC(N)C(=O)N1CC(O)C1. The zero-order valence-electron chi connectivity index (χ0n) is 7.06. The number of carbonyl (C=O) groups excluding carboxylic acids is 1. The largest absolute Gasteiger partial charge is 0.389 e. The summed E-state index contributed by atoms with van der Waals surface area (Å²) < 4.78 is 4.74. The van der Waals surface area contributed by atoms with E-state index in [4.69, 9.17) is 15.6 Å². The molecule has 1 fully saturated rings. The van der Waals surface area contributed by atoms with E-state index in [1.54, 1.807) is 0 Å². The fourth-order valence-electron chi connectivity index (χ4n) is 1.12. The van der Waals surface area contributed by atoms with Crippen LogP contribution in [0.25, 0.3) is 0 Å². The number of aliphatic hydroxyl groups is 1. The molecule has 0 aromatic rings. The smallest absolute Gasteiger partial charge is 0.242 e.